The minimum absolute atomic E-state index is 0.218. The molecule has 1 aromatic rings. The number of halogens is 1. The van der Waals surface area contributed by atoms with Crippen LogP contribution < -0.4 is 5.32 Å². The molecule has 0 aliphatic heterocycles. The summed E-state index contributed by atoms with van der Waals surface area (Å²) in [7, 11) is 0. The van der Waals surface area contributed by atoms with Crippen LogP contribution in [0.5, 0.6) is 0 Å². The predicted octanol–water partition coefficient (Wildman–Crippen LogP) is 1.95. The zero-order valence-corrected chi connectivity index (χ0v) is 9.87. The Hall–Kier alpha value is -1.49. The fourth-order valence-electron chi connectivity index (χ4n) is 0.999. The van der Waals surface area contributed by atoms with Crippen molar-refractivity contribution in [3.63, 3.8) is 0 Å². The molecule has 0 unspecified atom stereocenters. The summed E-state index contributed by atoms with van der Waals surface area (Å²) in [5, 5.41) is 14.0. The third kappa shape index (κ3) is 5.41. The molecular formula is C11H18FN3O. The normalized spacial score (nSPS) is 10.0. The molecule has 0 radical (unpaired) electrons. The first-order valence-corrected chi connectivity index (χ1v) is 5.16. The van der Waals surface area contributed by atoms with Crippen molar-refractivity contribution in [3.8, 4) is 0 Å². The highest BCUT2D eigenvalue weighted by atomic mass is 19.1. The van der Waals surface area contributed by atoms with Crippen molar-refractivity contribution in [2.45, 2.75) is 20.8 Å². The molecule has 1 rings (SSSR count). The molecule has 0 atom stereocenters. The average Bonchev–Trinajstić information content (AvgIpc) is 2.26. The van der Waals surface area contributed by atoms with Gasteiger partial charge in [0.15, 0.2) is 0 Å². The highest BCUT2D eigenvalue weighted by Crippen LogP contribution is 2.06. The number of aryl methyl sites for hydroxylation is 1. The van der Waals surface area contributed by atoms with Crippen molar-refractivity contribution in [1.82, 2.24) is 10.3 Å². The maximum atomic E-state index is 12.7. The maximum absolute atomic E-state index is 12.7. The summed E-state index contributed by atoms with van der Waals surface area (Å²) in [4.78, 5) is 3.39. The monoisotopic (exact) mass is 227 g/mol. The molecule has 1 aromatic heterocycles. The summed E-state index contributed by atoms with van der Waals surface area (Å²) in [6.07, 6.45) is 2.39. The van der Waals surface area contributed by atoms with Crippen molar-refractivity contribution < 1.29 is 9.60 Å². The third-order valence-electron chi connectivity index (χ3n) is 1.85. The van der Waals surface area contributed by atoms with Gasteiger partial charge in [-0.2, -0.15) is 4.39 Å². The fourth-order valence-corrected chi connectivity index (χ4v) is 0.999. The molecule has 0 aliphatic rings. The number of aromatic nitrogens is 1. The van der Waals surface area contributed by atoms with Crippen molar-refractivity contribution in [2.24, 2.45) is 5.16 Å². The first-order chi connectivity index (χ1) is 7.67. The van der Waals surface area contributed by atoms with Gasteiger partial charge in [-0.3, -0.25) is 0 Å². The zero-order valence-electron chi connectivity index (χ0n) is 9.87. The Kier molecular flexibility index (Phi) is 7.97. The Bertz CT molecular complexity index is 307. The van der Waals surface area contributed by atoms with Gasteiger partial charge in [0.1, 0.15) is 0 Å². The van der Waals surface area contributed by atoms with Crippen molar-refractivity contribution >= 4 is 6.21 Å². The average molecular weight is 227 g/mol. The summed E-state index contributed by atoms with van der Waals surface area (Å²) in [6, 6.07) is 1.64. The minimum atomic E-state index is -0.622. The van der Waals surface area contributed by atoms with E-state index in [4.69, 9.17) is 5.21 Å². The Morgan fingerprint density at radius 1 is 1.50 bits per heavy atom. The molecule has 0 saturated heterocycles. The van der Waals surface area contributed by atoms with E-state index < -0.39 is 5.95 Å². The van der Waals surface area contributed by atoms with Gasteiger partial charge >= 0.3 is 0 Å². The first kappa shape index (κ1) is 14.5. The second kappa shape index (κ2) is 8.79. The molecular weight excluding hydrogens is 209 g/mol. The van der Waals surface area contributed by atoms with Gasteiger partial charge < -0.3 is 10.5 Å². The Labute approximate surface area is 95.2 Å². The topological polar surface area (TPSA) is 57.5 Å². The van der Waals surface area contributed by atoms with E-state index in [2.05, 4.69) is 29.3 Å². The van der Waals surface area contributed by atoms with Gasteiger partial charge in [-0.05, 0) is 31.6 Å². The lowest BCUT2D eigenvalue weighted by Gasteiger charge is -1.97. The van der Waals surface area contributed by atoms with Crippen LogP contribution in [-0.2, 0) is 0 Å². The predicted molar refractivity (Wildman–Crippen MR) is 62.5 cm³/mol. The van der Waals surface area contributed by atoms with E-state index in [1.807, 2.05) is 0 Å². The highest BCUT2D eigenvalue weighted by Gasteiger charge is 2.02. The van der Waals surface area contributed by atoms with Gasteiger partial charge in [-0.15, -0.1) is 0 Å². The molecule has 4 nitrogen and oxygen atoms in total. The quantitative estimate of drug-likeness (QED) is 0.359. The second-order valence-corrected chi connectivity index (χ2v) is 3.03. The lowest BCUT2D eigenvalue weighted by Crippen LogP contribution is -2.09. The highest BCUT2D eigenvalue weighted by molar-refractivity contribution is 5.80. The molecule has 1 heterocycles. The summed E-state index contributed by atoms with van der Waals surface area (Å²) >= 11 is 0. The van der Waals surface area contributed by atoms with Gasteiger partial charge in [-0.25, -0.2) is 4.98 Å². The number of nitrogens with zero attached hydrogens (tertiary/aromatic N) is 2. The molecule has 0 spiro atoms. The molecule has 0 bridgehead atoms. The van der Waals surface area contributed by atoms with E-state index in [0.717, 1.165) is 19.3 Å². The summed E-state index contributed by atoms with van der Waals surface area (Å²) in [5.74, 6) is -0.622. The van der Waals surface area contributed by atoms with Crippen LogP contribution in [0, 0.1) is 12.9 Å². The zero-order chi connectivity index (χ0) is 12.4. The van der Waals surface area contributed by atoms with Gasteiger partial charge in [-0.1, -0.05) is 19.0 Å². The molecule has 2 N–H and O–H groups in total. The van der Waals surface area contributed by atoms with Crippen LogP contribution in [0.25, 0.3) is 0 Å². The molecule has 0 saturated carbocycles. The minimum Gasteiger partial charge on any atom is -0.411 e. The van der Waals surface area contributed by atoms with Gasteiger partial charge in [0.25, 0.3) is 0 Å². The fraction of sp³-hybridized carbons (Fsp3) is 0.455. The number of hydrogen-bond acceptors (Lipinski definition) is 4. The van der Waals surface area contributed by atoms with Crippen LogP contribution in [0.1, 0.15) is 25.0 Å². The third-order valence-corrected chi connectivity index (χ3v) is 1.85. The van der Waals surface area contributed by atoms with Crippen LogP contribution in [-0.4, -0.2) is 29.5 Å². The van der Waals surface area contributed by atoms with Crippen LogP contribution in [0.4, 0.5) is 4.39 Å². The van der Waals surface area contributed by atoms with E-state index >= 15 is 0 Å². The van der Waals surface area contributed by atoms with E-state index in [-0.39, 0.29) is 5.56 Å². The van der Waals surface area contributed by atoms with Crippen LogP contribution >= 0.6 is 0 Å². The maximum Gasteiger partial charge on any atom is 0.222 e. The van der Waals surface area contributed by atoms with E-state index in [9.17, 15) is 4.39 Å². The van der Waals surface area contributed by atoms with Crippen LogP contribution in [0.15, 0.2) is 17.4 Å². The van der Waals surface area contributed by atoms with Crippen molar-refractivity contribution in [2.75, 3.05) is 13.1 Å². The first-order valence-electron chi connectivity index (χ1n) is 5.16. The van der Waals surface area contributed by atoms with Gasteiger partial charge in [0, 0.05) is 6.20 Å². The summed E-state index contributed by atoms with van der Waals surface area (Å²) in [5.41, 5.74) is 0.908. The number of hydrogen-bond donors (Lipinski definition) is 2. The molecule has 5 heteroatoms. The summed E-state index contributed by atoms with van der Waals surface area (Å²) in [6.45, 7) is 8.10. The smallest absolute Gasteiger partial charge is 0.222 e. The Morgan fingerprint density at radius 3 is 2.50 bits per heavy atom. The SMILES string of the molecule is CCNCC.Cc1ccnc(F)c1C=NO. The van der Waals surface area contributed by atoms with Gasteiger partial charge in [0.2, 0.25) is 5.95 Å². The van der Waals surface area contributed by atoms with E-state index in [1.54, 1.807) is 13.0 Å². The Morgan fingerprint density at radius 2 is 2.12 bits per heavy atom. The molecule has 0 aliphatic carbocycles. The second-order valence-electron chi connectivity index (χ2n) is 3.03. The molecule has 0 fully saturated rings. The molecule has 90 valence electrons. The number of nitrogens with one attached hydrogen (secondary N) is 1. The van der Waals surface area contributed by atoms with E-state index in [1.165, 1.54) is 6.20 Å². The lowest BCUT2D eigenvalue weighted by molar-refractivity contribution is 0.321. The van der Waals surface area contributed by atoms with Crippen molar-refractivity contribution in [1.29, 1.82) is 0 Å². The number of rotatable bonds is 3. The standard InChI is InChI=1S/C7H7FN2O.C4H11N/c1-5-2-3-9-7(8)6(5)4-10-11;1-3-5-4-2/h2-4,11H,1H3;5H,3-4H2,1-2H3. The number of pyridine rings is 1. The van der Waals surface area contributed by atoms with Crippen LogP contribution in [0.3, 0.4) is 0 Å². The van der Waals surface area contributed by atoms with Crippen molar-refractivity contribution in [3.05, 3.63) is 29.3 Å². The largest absolute Gasteiger partial charge is 0.411 e. The van der Waals surface area contributed by atoms with Crippen LogP contribution in [0.2, 0.25) is 0 Å². The lowest BCUT2D eigenvalue weighted by atomic mass is 10.2. The van der Waals surface area contributed by atoms with E-state index in [0.29, 0.717) is 5.56 Å². The molecule has 0 aromatic carbocycles. The molecule has 16 heavy (non-hydrogen) atoms. The number of oxime groups is 1. The molecule has 0 amide bonds. The summed E-state index contributed by atoms with van der Waals surface area (Å²) < 4.78 is 12.7. The Balaban J connectivity index is 0.000000385. The van der Waals surface area contributed by atoms with Gasteiger partial charge in [0.05, 0.1) is 11.8 Å².